The molecule has 1 atom stereocenters. The lowest BCUT2D eigenvalue weighted by atomic mass is 10.1. The molecule has 27 heavy (non-hydrogen) atoms. The molecule has 0 aliphatic rings. The largest absolute Gasteiger partial charge is 0.494 e. The molecule has 0 saturated carbocycles. The Morgan fingerprint density at radius 1 is 1.19 bits per heavy atom. The van der Waals surface area contributed by atoms with Crippen molar-refractivity contribution in [3.8, 4) is 5.75 Å². The molecule has 0 amide bonds. The molecule has 0 spiro atoms. The van der Waals surface area contributed by atoms with Crippen LogP contribution in [0, 0.1) is 12.7 Å². The third kappa shape index (κ3) is 4.31. The maximum atomic E-state index is 14.0. The normalized spacial score (nSPS) is 12.3. The lowest BCUT2D eigenvalue weighted by Crippen LogP contribution is -3.09. The number of rotatable bonds is 6. The summed E-state index contributed by atoms with van der Waals surface area (Å²) < 4.78 is 24.3. The summed E-state index contributed by atoms with van der Waals surface area (Å²) in [4.78, 5) is 13.2. The van der Waals surface area contributed by atoms with Crippen LogP contribution in [0.1, 0.15) is 23.6 Å². The van der Waals surface area contributed by atoms with Crippen molar-refractivity contribution in [2.45, 2.75) is 26.9 Å². The van der Waals surface area contributed by atoms with Crippen molar-refractivity contribution >= 4 is 22.6 Å². The molecule has 3 aromatic rings. The van der Waals surface area contributed by atoms with Crippen molar-refractivity contribution in [3.63, 3.8) is 0 Å². The van der Waals surface area contributed by atoms with Crippen LogP contribution >= 0.6 is 11.6 Å². The lowest BCUT2D eigenvalue weighted by molar-refractivity contribution is -0.925. The van der Waals surface area contributed by atoms with Crippen LogP contribution < -0.4 is 15.3 Å². The van der Waals surface area contributed by atoms with Gasteiger partial charge in [0.05, 0.1) is 13.7 Å². The van der Waals surface area contributed by atoms with Gasteiger partial charge in [0, 0.05) is 27.6 Å². The molecule has 0 aliphatic carbocycles. The first-order valence-corrected chi connectivity index (χ1v) is 9.18. The zero-order chi connectivity index (χ0) is 19.6. The number of fused-ring (bicyclic) bond motifs is 1. The summed E-state index contributed by atoms with van der Waals surface area (Å²) in [7, 11) is 1.45. The Labute approximate surface area is 162 Å². The van der Waals surface area contributed by atoms with Crippen molar-refractivity contribution in [3.05, 3.63) is 74.3 Å². The molecule has 0 bridgehead atoms. The number of nitrogens with one attached hydrogen (secondary N) is 1. The average molecular weight is 391 g/mol. The molecule has 1 heterocycles. The smallest absolute Gasteiger partial charge is 0.336 e. The van der Waals surface area contributed by atoms with E-state index in [2.05, 4.69) is 6.92 Å². The third-order valence-electron chi connectivity index (χ3n) is 4.72. The van der Waals surface area contributed by atoms with E-state index in [1.165, 1.54) is 24.1 Å². The summed E-state index contributed by atoms with van der Waals surface area (Å²) >= 11 is 6.27. The van der Waals surface area contributed by atoms with E-state index in [4.69, 9.17) is 20.8 Å². The molecule has 4 nitrogen and oxygen atoms in total. The third-order valence-corrected chi connectivity index (χ3v) is 5.13. The van der Waals surface area contributed by atoms with Crippen LogP contribution in [0.15, 0.2) is 45.6 Å². The van der Waals surface area contributed by atoms with Gasteiger partial charge in [0.15, 0.2) is 11.6 Å². The minimum Gasteiger partial charge on any atom is -0.494 e. The van der Waals surface area contributed by atoms with Crippen LogP contribution in [0.3, 0.4) is 0 Å². The molecule has 0 saturated heterocycles. The summed E-state index contributed by atoms with van der Waals surface area (Å²) in [6, 6.07) is 10.1. The van der Waals surface area contributed by atoms with E-state index in [9.17, 15) is 9.18 Å². The van der Waals surface area contributed by atoms with Crippen molar-refractivity contribution in [1.29, 1.82) is 0 Å². The quantitative estimate of drug-likeness (QED) is 0.655. The molecule has 0 fully saturated rings. The number of methoxy groups -OCH3 is 1. The van der Waals surface area contributed by atoms with Gasteiger partial charge in [0.25, 0.3) is 0 Å². The lowest BCUT2D eigenvalue weighted by Gasteiger charge is -2.19. The Bertz CT molecular complexity index is 1030. The summed E-state index contributed by atoms with van der Waals surface area (Å²) in [5.74, 6) is -0.146. The predicted octanol–water partition coefficient (Wildman–Crippen LogP) is 3.51. The van der Waals surface area contributed by atoms with E-state index >= 15 is 0 Å². The number of benzene rings is 2. The number of quaternary nitrogens is 1. The van der Waals surface area contributed by atoms with E-state index in [-0.39, 0.29) is 17.2 Å². The summed E-state index contributed by atoms with van der Waals surface area (Å²) in [6.07, 6.45) is 0. The van der Waals surface area contributed by atoms with Crippen LogP contribution in [-0.4, -0.2) is 13.7 Å². The Morgan fingerprint density at radius 3 is 2.63 bits per heavy atom. The van der Waals surface area contributed by atoms with Gasteiger partial charge in [0.2, 0.25) is 0 Å². The molecule has 0 radical (unpaired) electrons. The Balaban J connectivity index is 1.91. The molecule has 0 aliphatic heterocycles. The Hall–Kier alpha value is -2.37. The van der Waals surface area contributed by atoms with Gasteiger partial charge in [-0.3, -0.25) is 0 Å². The van der Waals surface area contributed by atoms with E-state index < -0.39 is 0 Å². The summed E-state index contributed by atoms with van der Waals surface area (Å²) in [5.41, 5.74) is 2.74. The van der Waals surface area contributed by atoms with Crippen molar-refractivity contribution in [2.24, 2.45) is 0 Å². The molecular formula is C21H22ClFNO3+. The summed E-state index contributed by atoms with van der Waals surface area (Å²) in [6.45, 7) is 5.97. The minimum atomic E-state index is -0.384. The predicted molar refractivity (Wildman–Crippen MR) is 104 cm³/mol. The topological polar surface area (TPSA) is 43.9 Å². The fraction of sp³-hybridized carbons (Fsp3) is 0.286. The van der Waals surface area contributed by atoms with Crippen LogP contribution in [0.25, 0.3) is 11.0 Å². The zero-order valence-corrected chi connectivity index (χ0v) is 16.3. The maximum absolute atomic E-state index is 14.0. The van der Waals surface area contributed by atoms with Crippen LogP contribution in [-0.2, 0) is 13.1 Å². The second-order valence-electron chi connectivity index (χ2n) is 6.61. The second kappa shape index (κ2) is 8.11. The molecule has 1 aromatic heterocycles. The highest BCUT2D eigenvalue weighted by molar-refractivity contribution is 6.32. The van der Waals surface area contributed by atoms with E-state index in [0.29, 0.717) is 23.7 Å². The van der Waals surface area contributed by atoms with Crippen LogP contribution in [0.5, 0.6) is 5.75 Å². The van der Waals surface area contributed by atoms with Gasteiger partial charge in [-0.2, -0.15) is 0 Å². The SMILES string of the molecule is CC[NH+](Cc1ccc(OC)c(F)c1)Cc1cc(=O)oc2cc(C)c(Cl)cc12. The molecule has 6 heteroatoms. The highest BCUT2D eigenvalue weighted by Gasteiger charge is 2.15. The van der Waals surface area contributed by atoms with Crippen molar-refractivity contribution in [1.82, 2.24) is 0 Å². The highest BCUT2D eigenvalue weighted by atomic mass is 35.5. The first-order valence-electron chi connectivity index (χ1n) is 8.80. The summed E-state index contributed by atoms with van der Waals surface area (Å²) in [5, 5.41) is 1.46. The van der Waals surface area contributed by atoms with Gasteiger partial charge in [-0.1, -0.05) is 11.6 Å². The molecule has 2 aromatic carbocycles. The fourth-order valence-corrected chi connectivity index (χ4v) is 3.35. The van der Waals surface area contributed by atoms with E-state index in [0.717, 1.165) is 28.6 Å². The highest BCUT2D eigenvalue weighted by Crippen LogP contribution is 2.25. The fourth-order valence-electron chi connectivity index (χ4n) is 3.18. The molecule has 142 valence electrons. The van der Waals surface area contributed by atoms with E-state index in [1.54, 1.807) is 12.1 Å². The van der Waals surface area contributed by atoms with Crippen LogP contribution in [0.2, 0.25) is 5.02 Å². The zero-order valence-electron chi connectivity index (χ0n) is 15.6. The van der Waals surface area contributed by atoms with Crippen LogP contribution in [0.4, 0.5) is 4.39 Å². The number of aryl methyl sites for hydroxylation is 1. The Morgan fingerprint density at radius 2 is 1.96 bits per heavy atom. The minimum absolute atomic E-state index is 0.230. The van der Waals surface area contributed by atoms with Gasteiger partial charge in [-0.25, -0.2) is 9.18 Å². The first kappa shape index (κ1) is 19.4. The number of hydrogen-bond acceptors (Lipinski definition) is 3. The maximum Gasteiger partial charge on any atom is 0.336 e. The first-order chi connectivity index (χ1) is 12.9. The molecule has 3 rings (SSSR count). The molecular weight excluding hydrogens is 369 g/mol. The molecule has 1 N–H and O–H groups in total. The standard InChI is InChI=1S/C21H21ClFNO3/c1-4-24(11-14-5-6-19(26-3)18(23)8-14)12-15-9-21(25)27-20-7-13(2)17(22)10-16(15)20/h5-10H,4,11-12H2,1-3H3/p+1. The Kier molecular flexibility index (Phi) is 5.82. The number of halogens is 2. The second-order valence-corrected chi connectivity index (χ2v) is 7.02. The monoisotopic (exact) mass is 390 g/mol. The number of ether oxygens (including phenoxy) is 1. The van der Waals surface area contributed by atoms with Crippen molar-refractivity contribution < 1.29 is 18.4 Å². The van der Waals surface area contributed by atoms with Gasteiger partial charge in [-0.05, 0) is 49.7 Å². The van der Waals surface area contributed by atoms with Gasteiger partial charge < -0.3 is 14.1 Å². The van der Waals surface area contributed by atoms with Crippen molar-refractivity contribution in [2.75, 3.05) is 13.7 Å². The number of hydrogen-bond donors (Lipinski definition) is 1. The van der Waals surface area contributed by atoms with Gasteiger partial charge in [-0.15, -0.1) is 0 Å². The van der Waals surface area contributed by atoms with Gasteiger partial charge >= 0.3 is 5.63 Å². The molecule has 1 unspecified atom stereocenters. The van der Waals surface area contributed by atoms with E-state index in [1.807, 2.05) is 19.1 Å². The van der Waals surface area contributed by atoms with Gasteiger partial charge in [0.1, 0.15) is 18.7 Å². The average Bonchev–Trinajstić information content (AvgIpc) is 2.63.